The lowest BCUT2D eigenvalue weighted by Gasteiger charge is -2.32. The summed E-state index contributed by atoms with van der Waals surface area (Å²) in [6.07, 6.45) is -0.132. The van der Waals surface area contributed by atoms with Crippen molar-refractivity contribution in [2.45, 2.75) is 19.1 Å². The Morgan fingerprint density at radius 2 is 2.14 bits per heavy atom. The minimum Gasteiger partial charge on any atom is -0.469 e. The Morgan fingerprint density at radius 1 is 1.38 bits per heavy atom. The molecule has 0 radical (unpaired) electrons. The predicted molar refractivity (Wildman–Crippen MR) is 76.6 cm³/mol. The summed E-state index contributed by atoms with van der Waals surface area (Å²) in [5.41, 5.74) is 1.05. The highest BCUT2D eigenvalue weighted by Gasteiger charge is 2.26. The number of hydrogen-bond acceptors (Lipinski definition) is 4. The summed E-state index contributed by atoms with van der Waals surface area (Å²) in [5.74, 6) is -0.327. The number of nitrogens with one attached hydrogen (secondary N) is 1. The Kier molecular flexibility index (Phi) is 5.57. The monoisotopic (exact) mass is 292 g/mol. The van der Waals surface area contributed by atoms with Gasteiger partial charge in [0.15, 0.2) is 0 Å². The average Bonchev–Trinajstić information content (AvgIpc) is 2.53. The van der Waals surface area contributed by atoms with Gasteiger partial charge in [-0.15, -0.1) is 0 Å². The topological polar surface area (TPSA) is 67.9 Å². The van der Waals surface area contributed by atoms with E-state index in [1.54, 1.807) is 4.90 Å². The molecule has 0 aliphatic carbocycles. The van der Waals surface area contributed by atoms with Crippen LogP contribution in [0.5, 0.6) is 0 Å². The zero-order valence-corrected chi connectivity index (χ0v) is 12.1. The first kappa shape index (κ1) is 15.3. The van der Waals surface area contributed by atoms with Gasteiger partial charge < -0.3 is 19.7 Å². The van der Waals surface area contributed by atoms with E-state index in [9.17, 15) is 9.59 Å². The number of esters is 1. The second-order valence-electron chi connectivity index (χ2n) is 4.86. The summed E-state index contributed by atoms with van der Waals surface area (Å²) in [6.45, 7) is 1.84. The summed E-state index contributed by atoms with van der Waals surface area (Å²) in [5, 5.41) is 2.87. The number of carbonyl (C=O) groups is 2. The van der Waals surface area contributed by atoms with E-state index in [1.165, 1.54) is 7.11 Å². The predicted octanol–water partition coefficient (Wildman–Crippen LogP) is 1.16. The van der Waals surface area contributed by atoms with Gasteiger partial charge in [0.05, 0.1) is 26.2 Å². The molecule has 1 aromatic carbocycles. The van der Waals surface area contributed by atoms with Crippen molar-refractivity contribution in [3.8, 4) is 0 Å². The molecule has 2 amide bonds. The van der Waals surface area contributed by atoms with Gasteiger partial charge in [0, 0.05) is 19.6 Å². The number of hydrogen-bond donors (Lipinski definition) is 1. The molecule has 1 fully saturated rings. The lowest BCUT2D eigenvalue weighted by atomic mass is 10.2. The van der Waals surface area contributed by atoms with Gasteiger partial charge in [-0.2, -0.15) is 0 Å². The third-order valence-electron chi connectivity index (χ3n) is 3.33. The van der Waals surface area contributed by atoms with E-state index in [-0.39, 0.29) is 24.5 Å². The first-order chi connectivity index (χ1) is 10.2. The van der Waals surface area contributed by atoms with Crippen LogP contribution < -0.4 is 5.32 Å². The molecule has 6 heteroatoms. The maximum absolute atomic E-state index is 12.1. The van der Waals surface area contributed by atoms with Crippen molar-refractivity contribution in [2.75, 3.05) is 26.8 Å². The van der Waals surface area contributed by atoms with Crippen molar-refractivity contribution >= 4 is 12.0 Å². The van der Waals surface area contributed by atoms with Crippen LogP contribution in [0, 0.1) is 0 Å². The van der Waals surface area contributed by atoms with Crippen molar-refractivity contribution < 1.29 is 19.1 Å². The van der Waals surface area contributed by atoms with Crippen molar-refractivity contribution in [1.82, 2.24) is 10.2 Å². The molecule has 1 aliphatic heterocycles. The first-order valence-electron chi connectivity index (χ1n) is 6.94. The van der Waals surface area contributed by atoms with Crippen LogP contribution in [0.2, 0.25) is 0 Å². The first-order valence-corrected chi connectivity index (χ1v) is 6.94. The molecule has 0 saturated carbocycles. The number of rotatable bonds is 4. The van der Waals surface area contributed by atoms with Crippen LogP contribution in [0.1, 0.15) is 12.0 Å². The Hall–Kier alpha value is -2.08. The van der Waals surface area contributed by atoms with Crippen molar-refractivity contribution in [2.24, 2.45) is 0 Å². The fourth-order valence-corrected chi connectivity index (χ4v) is 2.18. The molecule has 2 rings (SSSR count). The molecule has 1 aliphatic rings. The number of amides is 2. The zero-order valence-electron chi connectivity index (χ0n) is 12.1. The number of morpholine rings is 1. The lowest BCUT2D eigenvalue weighted by molar-refractivity contribution is -0.145. The maximum Gasteiger partial charge on any atom is 0.317 e. The third kappa shape index (κ3) is 4.75. The fraction of sp³-hybridized carbons (Fsp3) is 0.467. The van der Waals surface area contributed by atoms with E-state index in [2.05, 4.69) is 10.1 Å². The van der Waals surface area contributed by atoms with Crippen LogP contribution >= 0.6 is 0 Å². The molecular weight excluding hydrogens is 272 g/mol. The van der Waals surface area contributed by atoms with E-state index < -0.39 is 0 Å². The Bertz CT molecular complexity index is 478. The van der Waals surface area contributed by atoms with Crippen LogP contribution in [0.15, 0.2) is 30.3 Å². The SMILES string of the molecule is COC(=O)CC1CN(C(=O)NCc2ccccc2)CCO1. The fourth-order valence-electron chi connectivity index (χ4n) is 2.18. The standard InChI is InChI=1S/C15H20N2O4/c1-20-14(18)9-13-11-17(7-8-21-13)15(19)16-10-12-5-3-2-4-6-12/h2-6,13H,7-11H2,1H3,(H,16,19). The molecule has 1 atom stereocenters. The lowest BCUT2D eigenvalue weighted by Crippen LogP contribution is -2.49. The number of urea groups is 1. The summed E-state index contributed by atoms with van der Waals surface area (Å²) in [4.78, 5) is 25.0. The molecule has 0 aromatic heterocycles. The molecule has 1 unspecified atom stereocenters. The normalized spacial score (nSPS) is 18.1. The van der Waals surface area contributed by atoms with Crippen molar-refractivity contribution in [1.29, 1.82) is 0 Å². The second-order valence-corrected chi connectivity index (χ2v) is 4.86. The van der Waals surface area contributed by atoms with Gasteiger partial charge in [-0.3, -0.25) is 4.79 Å². The van der Waals surface area contributed by atoms with Gasteiger partial charge >= 0.3 is 12.0 Å². The Balaban J connectivity index is 1.80. The zero-order chi connectivity index (χ0) is 15.1. The van der Waals surface area contributed by atoms with E-state index >= 15 is 0 Å². The molecule has 1 heterocycles. The number of nitrogens with zero attached hydrogens (tertiary/aromatic N) is 1. The number of ether oxygens (including phenoxy) is 2. The quantitative estimate of drug-likeness (QED) is 0.846. The maximum atomic E-state index is 12.1. The van der Waals surface area contributed by atoms with E-state index in [0.29, 0.717) is 26.2 Å². The number of benzene rings is 1. The third-order valence-corrected chi connectivity index (χ3v) is 3.33. The largest absolute Gasteiger partial charge is 0.469 e. The van der Waals surface area contributed by atoms with E-state index in [0.717, 1.165) is 5.56 Å². The molecule has 1 N–H and O–H groups in total. The average molecular weight is 292 g/mol. The minimum absolute atomic E-state index is 0.142. The highest BCUT2D eigenvalue weighted by atomic mass is 16.5. The Morgan fingerprint density at radius 3 is 2.86 bits per heavy atom. The smallest absolute Gasteiger partial charge is 0.317 e. The van der Waals surface area contributed by atoms with Gasteiger partial charge in [-0.1, -0.05) is 30.3 Å². The molecule has 114 valence electrons. The summed E-state index contributed by atoms with van der Waals surface area (Å²) < 4.78 is 10.1. The molecule has 0 bridgehead atoms. The molecule has 1 aromatic rings. The molecule has 0 spiro atoms. The van der Waals surface area contributed by atoms with Crippen LogP contribution in [-0.2, 0) is 20.8 Å². The minimum atomic E-state index is -0.327. The molecular formula is C15H20N2O4. The summed E-state index contributed by atoms with van der Waals surface area (Å²) in [7, 11) is 1.34. The van der Waals surface area contributed by atoms with Gasteiger partial charge in [0.2, 0.25) is 0 Å². The number of methoxy groups -OCH3 is 1. The molecule has 1 saturated heterocycles. The molecule has 6 nitrogen and oxygen atoms in total. The van der Waals surface area contributed by atoms with Gasteiger partial charge in [-0.25, -0.2) is 4.79 Å². The van der Waals surface area contributed by atoms with Crippen molar-refractivity contribution in [3.05, 3.63) is 35.9 Å². The second kappa shape index (κ2) is 7.64. The van der Waals surface area contributed by atoms with Crippen LogP contribution in [0.4, 0.5) is 4.79 Å². The van der Waals surface area contributed by atoms with Gasteiger partial charge in [0.25, 0.3) is 0 Å². The summed E-state index contributed by atoms with van der Waals surface area (Å²) >= 11 is 0. The molecule has 21 heavy (non-hydrogen) atoms. The van der Waals surface area contributed by atoms with Crippen LogP contribution in [0.3, 0.4) is 0 Å². The number of carbonyl (C=O) groups excluding carboxylic acids is 2. The van der Waals surface area contributed by atoms with E-state index in [1.807, 2.05) is 30.3 Å². The Labute approximate surface area is 124 Å². The van der Waals surface area contributed by atoms with Crippen LogP contribution in [-0.4, -0.2) is 49.8 Å². The highest BCUT2D eigenvalue weighted by molar-refractivity contribution is 5.74. The summed E-state index contributed by atoms with van der Waals surface area (Å²) in [6, 6.07) is 9.58. The van der Waals surface area contributed by atoms with Crippen LogP contribution in [0.25, 0.3) is 0 Å². The van der Waals surface area contributed by atoms with Gasteiger partial charge in [-0.05, 0) is 5.56 Å². The highest BCUT2D eigenvalue weighted by Crippen LogP contribution is 2.10. The van der Waals surface area contributed by atoms with Crippen molar-refractivity contribution in [3.63, 3.8) is 0 Å². The van der Waals surface area contributed by atoms with E-state index in [4.69, 9.17) is 4.74 Å². The van der Waals surface area contributed by atoms with Gasteiger partial charge in [0.1, 0.15) is 0 Å².